The van der Waals surface area contributed by atoms with Crippen molar-refractivity contribution >= 4 is 0 Å². The van der Waals surface area contributed by atoms with E-state index in [1.165, 1.54) is 0 Å². The van der Waals surface area contributed by atoms with Crippen molar-refractivity contribution in [3.05, 3.63) is 0 Å². The van der Waals surface area contributed by atoms with Gasteiger partial charge in [-0.25, -0.2) is 0 Å². The fourth-order valence-electron chi connectivity index (χ4n) is 4.44. The average Bonchev–Trinajstić information content (AvgIpc) is 3.15. The van der Waals surface area contributed by atoms with Crippen LogP contribution in [0.4, 0.5) is 0 Å². The Hall–Kier alpha value is -0.680. The van der Waals surface area contributed by atoms with Crippen LogP contribution in [-0.4, -0.2) is 176 Å². The highest BCUT2D eigenvalue weighted by atomic mass is 16.8. The van der Waals surface area contributed by atoms with Gasteiger partial charge in [-0.3, -0.25) is 0 Å². The molecule has 0 aliphatic carbocycles. The molecule has 0 aromatic carbocycles. The molecule has 4 heterocycles. The third-order valence-electron chi connectivity index (χ3n) is 6.72. The van der Waals surface area contributed by atoms with E-state index in [1.54, 1.807) is 0 Å². The molecule has 4 fully saturated rings. The van der Waals surface area contributed by atoms with Crippen LogP contribution >= 0.6 is 0 Å². The maximum absolute atomic E-state index is 10.7. The van der Waals surface area contributed by atoms with Crippen molar-refractivity contribution in [3.63, 3.8) is 0 Å². The molecular weight excluding hydrogens is 512 g/mol. The molecule has 4 aliphatic heterocycles. The zero-order valence-electron chi connectivity index (χ0n) is 19.4. The Morgan fingerprint density at radius 1 is 0.541 bits per heavy atom. The van der Waals surface area contributed by atoms with E-state index in [2.05, 4.69) is 0 Å². The summed E-state index contributed by atoms with van der Waals surface area (Å²) in [6, 6.07) is 0. The molecular formula is C20H34O17. The summed E-state index contributed by atoms with van der Waals surface area (Å²) in [5.74, 6) is 0. The summed E-state index contributed by atoms with van der Waals surface area (Å²) in [5, 5.41) is 100. The Balaban J connectivity index is 1.32. The van der Waals surface area contributed by atoms with Crippen molar-refractivity contribution in [2.45, 2.75) is 98.4 Å². The highest BCUT2D eigenvalue weighted by molar-refractivity contribution is 4.92. The number of hydrogen-bond acceptors (Lipinski definition) is 17. The smallest absolute Gasteiger partial charge is 0.187 e. The van der Waals surface area contributed by atoms with E-state index in [9.17, 15) is 51.1 Å². The standard InChI is InChI=1S/C20H34O17/c21-1-6-9(23)14(28)20(34-6)37-16-5(22)2-32-19(15(16)29)36-8-4-33-18(13(27)11(8)25)35-7-3-31-17(30)12(26)10(7)24/h5-30H,1-4H2/t5-,6+,7-,8-,9+,10+,11+,12-,13-,14-,15-,16+,17?,18+,19+,20+/m1/s1. The molecule has 0 saturated carbocycles. The van der Waals surface area contributed by atoms with Crippen LogP contribution < -0.4 is 0 Å². The summed E-state index contributed by atoms with van der Waals surface area (Å²) in [6.07, 6.45) is -23.8. The van der Waals surface area contributed by atoms with Gasteiger partial charge >= 0.3 is 0 Å². The fourth-order valence-corrected chi connectivity index (χ4v) is 4.44. The SMILES string of the molecule is OC[C@@H]1O[C@@H](O[C@@H]2[C@@H](O)[C@H](O[C@@H]3CO[C@@H](O[C@@H]4COC(O)[C@H](O)[C@H]4O)[C@H](O)[C@H]3O)OC[C@H]2O)[C@H](O)[C@H]1O. The fraction of sp³-hybridized carbons (Fsp3) is 1.00. The van der Waals surface area contributed by atoms with Gasteiger partial charge in [-0.05, 0) is 0 Å². The van der Waals surface area contributed by atoms with Gasteiger partial charge in [-0.1, -0.05) is 0 Å². The van der Waals surface area contributed by atoms with Gasteiger partial charge < -0.3 is 84.2 Å². The molecule has 216 valence electrons. The van der Waals surface area contributed by atoms with Crippen LogP contribution in [0.3, 0.4) is 0 Å². The van der Waals surface area contributed by atoms with Crippen molar-refractivity contribution < 1.29 is 84.2 Å². The Kier molecular flexibility index (Phi) is 9.69. The van der Waals surface area contributed by atoms with Crippen LogP contribution in [0.25, 0.3) is 0 Å². The zero-order valence-corrected chi connectivity index (χ0v) is 19.4. The molecule has 17 nitrogen and oxygen atoms in total. The first-order valence-electron chi connectivity index (χ1n) is 11.7. The van der Waals surface area contributed by atoms with Crippen LogP contribution in [0.5, 0.6) is 0 Å². The molecule has 37 heavy (non-hydrogen) atoms. The Morgan fingerprint density at radius 2 is 1.08 bits per heavy atom. The van der Waals surface area contributed by atoms with Gasteiger partial charge in [0.05, 0.1) is 26.4 Å². The van der Waals surface area contributed by atoms with E-state index < -0.39 is 112 Å². The molecule has 4 saturated heterocycles. The second kappa shape index (κ2) is 12.2. The first kappa shape index (κ1) is 29.3. The largest absolute Gasteiger partial charge is 0.394 e. The molecule has 4 aliphatic rings. The first-order chi connectivity index (χ1) is 17.5. The van der Waals surface area contributed by atoms with E-state index in [0.29, 0.717) is 0 Å². The van der Waals surface area contributed by atoms with Crippen LogP contribution in [0.15, 0.2) is 0 Å². The lowest BCUT2D eigenvalue weighted by Gasteiger charge is -2.44. The highest BCUT2D eigenvalue weighted by Crippen LogP contribution is 2.30. The quantitative estimate of drug-likeness (QED) is 0.142. The molecule has 0 aromatic heterocycles. The highest BCUT2D eigenvalue weighted by Gasteiger charge is 2.50. The van der Waals surface area contributed by atoms with Gasteiger partial charge in [0.2, 0.25) is 0 Å². The number of aliphatic hydroxyl groups is 10. The number of rotatable bonds is 7. The van der Waals surface area contributed by atoms with Crippen LogP contribution in [0.1, 0.15) is 0 Å². The van der Waals surface area contributed by atoms with Gasteiger partial charge in [0, 0.05) is 0 Å². The lowest BCUT2D eigenvalue weighted by atomic mass is 10.0. The van der Waals surface area contributed by atoms with E-state index >= 15 is 0 Å². The minimum absolute atomic E-state index is 0.330. The molecule has 1 unspecified atom stereocenters. The van der Waals surface area contributed by atoms with Gasteiger partial charge in [-0.2, -0.15) is 0 Å². The van der Waals surface area contributed by atoms with Gasteiger partial charge in [0.25, 0.3) is 0 Å². The number of ether oxygens (including phenoxy) is 7. The number of aliphatic hydroxyl groups excluding tert-OH is 10. The Labute approximate surface area is 209 Å². The first-order valence-corrected chi connectivity index (χ1v) is 11.7. The van der Waals surface area contributed by atoms with Crippen molar-refractivity contribution in [2.24, 2.45) is 0 Å². The zero-order chi connectivity index (χ0) is 27.0. The molecule has 16 atom stereocenters. The van der Waals surface area contributed by atoms with E-state index in [0.717, 1.165) is 0 Å². The maximum Gasteiger partial charge on any atom is 0.187 e. The predicted molar refractivity (Wildman–Crippen MR) is 110 cm³/mol. The van der Waals surface area contributed by atoms with Gasteiger partial charge in [0.1, 0.15) is 73.2 Å². The third-order valence-corrected chi connectivity index (χ3v) is 6.72. The molecule has 4 rings (SSSR count). The molecule has 17 heteroatoms. The minimum Gasteiger partial charge on any atom is -0.394 e. The van der Waals surface area contributed by atoms with Crippen molar-refractivity contribution in [1.29, 1.82) is 0 Å². The van der Waals surface area contributed by atoms with E-state index in [-0.39, 0.29) is 13.2 Å². The van der Waals surface area contributed by atoms with Crippen molar-refractivity contribution in [1.82, 2.24) is 0 Å². The summed E-state index contributed by atoms with van der Waals surface area (Å²) in [4.78, 5) is 0. The average molecular weight is 546 g/mol. The summed E-state index contributed by atoms with van der Waals surface area (Å²) in [7, 11) is 0. The van der Waals surface area contributed by atoms with Crippen LogP contribution in [0, 0.1) is 0 Å². The van der Waals surface area contributed by atoms with Crippen LogP contribution in [-0.2, 0) is 33.2 Å². The van der Waals surface area contributed by atoms with Gasteiger partial charge in [0.15, 0.2) is 25.2 Å². The van der Waals surface area contributed by atoms with Crippen LogP contribution in [0.2, 0.25) is 0 Å². The molecule has 0 spiro atoms. The third kappa shape index (κ3) is 6.08. The summed E-state index contributed by atoms with van der Waals surface area (Å²) in [6.45, 7) is -1.71. The normalized spacial score (nSPS) is 53.4. The summed E-state index contributed by atoms with van der Waals surface area (Å²) < 4.78 is 37.1. The van der Waals surface area contributed by atoms with Crippen molar-refractivity contribution in [3.8, 4) is 0 Å². The monoisotopic (exact) mass is 546 g/mol. The molecule has 0 amide bonds. The predicted octanol–water partition coefficient (Wildman–Crippen LogP) is -7.19. The Bertz CT molecular complexity index is 731. The van der Waals surface area contributed by atoms with E-state index in [1.807, 2.05) is 0 Å². The topological polar surface area (TPSA) is 267 Å². The van der Waals surface area contributed by atoms with E-state index in [4.69, 9.17) is 33.2 Å². The second-order valence-electron chi connectivity index (χ2n) is 9.30. The second-order valence-corrected chi connectivity index (χ2v) is 9.30. The molecule has 0 radical (unpaired) electrons. The minimum atomic E-state index is -1.72. The molecule has 10 N–H and O–H groups in total. The number of hydrogen-bond donors (Lipinski definition) is 10. The summed E-state index contributed by atoms with van der Waals surface area (Å²) >= 11 is 0. The molecule has 0 bridgehead atoms. The lowest BCUT2D eigenvalue weighted by Crippen LogP contribution is -2.62. The summed E-state index contributed by atoms with van der Waals surface area (Å²) in [5.41, 5.74) is 0. The Morgan fingerprint density at radius 3 is 1.70 bits per heavy atom. The van der Waals surface area contributed by atoms with Gasteiger partial charge in [-0.15, -0.1) is 0 Å². The van der Waals surface area contributed by atoms with Crippen molar-refractivity contribution in [2.75, 3.05) is 26.4 Å². The maximum atomic E-state index is 10.7. The lowest BCUT2D eigenvalue weighted by molar-refractivity contribution is -0.353. The molecule has 0 aromatic rings.